The quantitative estimate of drug-likeness (QED) is 0.0262. The Morgan fingerprint density at radius 2 is 0.574 bits per heavy atom. The lowest BCUT2D eigenvalue weighted by atomic mass is 10.1. The van der Waals surface area contributed by atoms with Crippen molar-refractivity contribution in [2.75, 3.05) is 13.2 Å². The van der Waals surface area contributed by atoms with E-state index in [1.54, 1.807) is 0 Å². The van der Waals surface area contributed by atoms with Crippen molar-refractivity contribution in [3.8, 4) is 0 Å². The van der Waals surface area contributed by atoms with Gasteiger partial charge in [0.2, 0.25) is 0 Å². The number of rotatable bonds is 49. The maximum Gasteiger partial charge on any atom is 0.306 e. The molecule has 0 radical (unpaired) electrons. The molecule has 0 spiro atoms. The van der Waals surface area contributed by atoms with Crippen molar-refractivity contribution in [2.24, 2.45) is 0 Å². The Morgan fingerprint density at radius 1 is 0.309 bits per heavy atom. The molecule has 0 aliphatic heterocycles. The lowest BCUT2D eigenvalue weighted by Gasteiger charge is -2.18. The van der Waals surface area contributed by atoms with Crippen molar-refractivity contribution in [3.63, 3.8) is 0 Å². The fraction of sp³-hybridized carbons (Fsp3) is 0.661. The molecule has 6 heteroatoms. The molecule has 0 aliphatic rings. The molecule has 68 heavy (non-hydrogen) atoms. The molecule has 0 bridgehead atoms. The Labute approximate surface area is 419 Å². The van der Waals surface area contributed by atoms with Gasteiger partial charge < -0.3 is 14.2 Å². The van der Waals surface area contributed by atoms with Gasteiger partial charge >= 0.3 is 17.9 Å². The van der Waals surface area contributed by atoms with E-state index in [-0.39, 0.29) is 31.1 Å². The summed E-state index contributed by atoms with van der Waals surface area (Å²) in [4.78, 5) is 38.1. The van der Waals surface area contributed by atoms with Crippen LogP contribution in [0.5, 0.6) is 0 Å². The summed E-state index contributed by atoms with van der Waals surface area (Å²) in [5, 5.41) is 0. The first-order valence-corrected chi connectivity index (χ1v) is 27.9. The zero-order chi connectivity index (χ0) is 49.3. The van der Waals surface area contributed by atoms with E-state index in [0.29, 0.717) is 19.3 Å². The van der Waals surface area contributed by atoms with Gasteiger partial charge in [0.25, 0.3) is 0 Å². The molecular formula is C62H102O6. The highest BCUT2D eigenvalue weighted by molar-refractivity contribution is 5.71. The van der Waals surface area contributed by atoms with Crippen LogP contribution in [-0.2, 0) is 28.6 Å². The van der Waals surface area contributed by atoms with Crippen LogP contribution in [0.15, 0.2) is 109 Å². The summed E-state index contributed by atoms with van der Waals surface area (Å²) in [7, 11) is 0. The van der Waals surface area contributed by atoms with Crippen LogP contribution in [0.1, 0.15) is 245 Å². The number of hydrogen-bond acceptors (Lipinski definition) is 6. The summed E-state index contributed by atoms with van der Waals surface area (Å²) >= 11 is 0. The zero-order valence-electron chi connectivity index (χ0n) is 44.1. The van der Waals surface area contributed by atoms with Crippen molar-refractivity contribution in [3.05, 3.63) is 109 Å². The van der Waals surface area contributed by atoms with Crippen LogP contribution in [-0.4, -0.2) is 37.2 Å². The van der Waals surface area contributed by atoms with Crippen molar-refractivity contribution < 1.29 is 28.6 Å². The van der Waals surface area contributed by atoms with Crippen LogP contribution in [0, 0.1) is 0 Å². The molecule has 0 aromatic heterocycles. The number of carbonyl (C=O) groups excluding carboxylic acids is 3. The number of allylic oxidation sites excluding steroid dienone is 18. The summed E-state index contributed by atoms with van der Waals surface area (Å²) in [6.45, 7) is 6.36. The number of unbranched alkanes of at least 4 members (excludes halogenated alkanes) is 20. The van der Waals surface area contributed by atoms with Gasteiger partial charge in [-0.05, 0) is 122 Å². The Morgan fingerprint density at radius 3 is 0.912 bits per heavy atom. The molecule has 0 fully saturated rings. The van der Waals surface area contributed by atoms with E-state index < -0.39 is 6.10 Å². The zero-order valence-corrected chi connectivity index (χ0v) is 44.1. The van der Waals surface area contributed by atoms with Crippen LogP contribution in [0.2, 0.25) is 0 Å². The molecule has 0 aliphatic carbocycles. The van der Waals surface area contributed by atoms with Gasteiger partial charge in [-0.25, -0.2) is 0 Å². The third-order valence-corrected chi connectivity index (χ3v) is 11.5. The number of carbonyl (C=O) groups is 3. The molecule has 1 unspecified atom stereocenters. The van der Waals surface area contributed by atoms with Gasteiger partial charge in [0.05, 0.1) is 0 Å². The topological polar surface area (TPSA) is 78.9 Å². The van der Waals surface area contributed by atoms with Gasteiger partial charge in [0.15, 0.2) is 6.10 Å². The fourth-order valence-corrected chi connectivity index (χ4v) is 7.36. The smallest absolute Gasteiger partial charge is 0.306 e. The molecule has 1 atom stereocenters. The van der Waals surface area contributed by atoms with Crippen molar-refractivity contribution in [1.82, 2.24) is 0 Å². The summed E-state index contributed by atoms with van der Waals surface area (Å²) in [6, 6.07) is 0. The van der Waals surface area contributed by atoms with Crippen molar-refractivity contribution >= 4 is 17.9 Å². The summed E-state index contributed by atoms with van der Waals surface area (Å²) in [6.07, 6.45) is 75.0. The second-order valence-electron chi connectivity index (χ2n) is 18.1. The van der Waals surface area contributed by atoms with Gasteiger partial charge in [-0.3, -0.25) is 14.4 Å². The number of esters is 3. The molecule has 0 heterocycles. The third-order valence-electron chi connectivity index (χ3n) is 11.5. The molecule has 386 valence electrons. The highest BCUT2D eigenvalue weighted by Crippen LogP contribution is 2.14. The summed E-state index contributed by atoms with van der Waals surface area (Å²) in [5.41, 5.74) is 0. The predicted molar refractivity (Wildman–Crippen MR) is 293 cm³/mol. The number of hydrogen-bond donors (Lipinski definition) is 0. The Hall–Kier alpha value is -3.93. The Kier molecular flexibility index (Phi) is 52.4. The molecule has 0 saturated carbocycles. The van der Waals surface area contributed by atoms with Crippen molar-refractivity contribution in [1.29, 1.82) is 0 Å². The van der Waals surface area contributed by atoms with E-state index in [9.17, 15) is 14.4 Å². The summed E-state index contributed by atoms with van der Waals surface area (Å²) < 4.78 is 16.8. The summed E-state index contributed by atoms with van der Waals surface area (Å²) in [5.74, 6) is -0.946. The SMILES string of the molecule is CC/C=C\C/C=C\C/C=C\C/C=C\CCCCCCCCC(=O)OCC(COC(=O)CCCCCCC/C=C\CCCCCCC)OC(=O)CCCCCC/C=C\C/C=C\C/C=C\C/C=C\CC. The highest BCUT2D eigenvalue weighted by atomic mass is 16.6. The molecule has 0 saturated heterocycles. The third kappa shape index (κ3) is 53.0. The van der Waals surface area contributed by atoms with Crippen LogP contribution in [0.4, 0.5) is 0 Å². The normalized spacial score (nSPS) is 12.9. The Balaban J connectivity index is 4.48. The lowest BCUT2D eigenvalue weighted by Crippen LogP contribution is -2.30. The standard InChI is InChI=1S/C62H102O6/c1-4-7-10-13-16-19-22-25-28-30-31-33-34-37-40-43-46-49-52-55-61(64)67-58-59(57-66-60(63)54-51-48-45-42-39-36-27-24-21-18-15-12-9-6-3)68-62(65)56-53-50-47-44-41-38-35-32-29-26-23-20-17-14-11-8-5-2/h7-8,10-11,16-17,19-20,24-29,31,33,35,38,59H,4-6,9,12-15,18,21-23,30,32,34,36-37,39-58H2,1-3H3/b10-7-,11-8-,19-16-,20-17-,27-24-,28-25-,29-26-,33-31-,38-35-. The first-order valence-electron chi connectivity index (χ1n) is 27.9. The minimum atomic E-state index is -0.803. The molecule has 0 N–H and O–H groups in total. The molecule has 0 rings (SSSR count). The van der Waals surface area contributed by atoms with Crippen LogP contribution < -0.4 is 0 Å². The van der Waals surface area contributed by atoms with Gasteiger partial charge in [0.1, 0.15) is 13.2 Å². The average molecular weight is 943 g/mol. The highest BCUT2D eigenvalue weighted by Gasteiger charge is 2.19. The first-order chi connectivity index (χ1) is 33.5. The predicted octanol–water partition coefficient (Wildman–Crippen LogP) is 18.7. The second-order valence-corrected chi connectivity index (χ2v) is 18.1. The Bertz CT molecular complexity index is 1410. The van der Waals surface area contributed by atoms with Gasteiger partial charge in [-0.2, -0.15) is 0 Å². The number of ether oxygens (including phenoxy) is 3. The lowest BCUT2D eigenvalue weighted by molar-refractivity contribution is -0.167. The monoisotopic (exact) mass is 943 g/mol. The van der Waals surface area contributed by atoms with Crippen LogP contribution in [0.25, 0.3) is 0 Å². The molecule has 6 nitrogen and oxygen atoms in total. The molecule has 0 amide bonds. The second kappa shape index (κ2) is 55.7. The van der Waals surface area contributed by atoms with Crippen LogP contribution >= 0.6 is 0 Å². The molecular weight excluding hydrogens is 841 g/mol. The van der Waals surface area contributed by atoms with E-state index in [4.69, 9.17) is 14.2 Å². The minimum Gasteiger partial charge on any atom is -0.462 e. The first kappa shape index (κ1) is 64.1. The molecule has 0 aromatic rings. The van der Waals surface area contributed by atoms with Crippen molar-refractivity contribution in [2.45, 2.75) is 252 Å². The fourth-order valence-electron chi connectivity index (χ4n) is 7.36. The minimum absolute atomic E-state index is 0.0986. The van der Waals surface area contributed by atoms with E-state index >= 15 is 0 Å². The van der Waals surface area contributed by atoms with E-state index in [1.165, 1.54) is 57.8 Å². The van der Waals surface area contributed by atoms with E-state index in [2.05, 4.69) is 130 Å². The van der Waals surface area contributed by atoms with Gasteiger partial charge in [-0.15, -0.1) is 0 Å². The van der Waals surface area contributed by atoms with Gasteiger partial charge in [-0.1, -0.05) is 214 Å². The van der Waals surface area contributed by atoms with Crippen LogP contribution in [0.3, 0.4) is 0 Å². The largest absolute Gasteiger partial charge is 0.462 e. The maximum atomic E-state index is 12.8. The van der Waals surface area contributed by atoms with Gasteiger partial charge in [0, 0.05) is 19.3 Å². The average Bonchev–Trinajstić information content (AvgIpc) is 3.34. The molecule has 0 aromatic carbocycles. The van der Waals surface area contributed by atoms with E-state index in [1.807, 2.05) is 0 Å². The maximum absolute atomic E-state index is 12.8. The van der Waals surface area contributed by atoms with E-state index in [0.717, 1.165) is 148 Å².